The first-order valence-corrected chi connectivity index (χ1v) is 12.7. The van der Waals surface area contributed by atoms with E-state index in [0.29, 0.717) is 13.1 Å². The Labute approximate surface area is 187 Å². The predicted octanol–water partition coefficient (Wildman–Crippen LogP) is 4.48. The number of aromatic nitrogens is 1. The SMILES string of the molecule is CC(NC(=O)c1ccccc1S(=O)(=O)N1CCCCC1)c1nc(-c2ccccc2)cs1. The van der Waals surface area contributed by atoms with Crippen LogP contribution in [0.5, 0.6) is 0 Å². The Balaban J connectivity index is 1.54. The zero-order valence-electron chi connectivity index (χ0n) is 17.3. The van der Waals surface area contributed by atoms with E-state index in [4.69, 9.17) is 0 Å². The molecule has 1 aliphatic rings. The first-order valence-electron chi connectivity index (χ1n) is 10.4. The number of rotatable bonds is 6. The van der Waals surface area contributed by atoms with Crippen LogP contribution in [0.2, 0.25) is 0 Å². The fraction of sp³-hybridized carbons (Fsp3) is 0.304. The van der Waals surface area contributed by atoms with Crippen LogP contribution < -0.4 is 5.32 Å². The molecule has 3 aromatic rings. The summed E-state index contributed by atoms with van der Waals surface area (Å²) in [4.78, 5) is 17.7. The minimum absolute atomic E-state index is 0.0608. The number of hydrogen-bond acceptors (Lipinski definition) is 5. The lowest BCUT2D eigenvalue weighted by Gasteiger charge is -2.26. The van der Waals surface area contributed by atoms with Crippen LogP contribution in [-0.4, -0.2) is 36.7 Å². The summed E-state index contributed by atoms with van der Waals surface area (Å²) in [6, 6.07) is 15.9. The summed E-state index contributed by atoms with van der Waals surface area (Å²) < 4.78 is 27.8. The molecule has 1 saturated heterocycles. The van der Waals surface area contributed by atoms with Crippen molar-refractivity contribution in [2.45, 2.75) is 37.1 Å². The lowest BCUT2D eigenvalue weighted by molar-refractivity contribution is 0.0936. The summed E-state index contributed by atoms with van der Waals surface area (Å²) in [7, 11) is -3.71. The smallest absolute Gasteiger partial charge is 0.253 e. The maximum Gasteiger partial charge on any atom is 0.253 e. The molecule has 2 heterocycles. The van der Waals surface area contributed by atoms with Crippen LogP contribution in [0.15, 0.2) is 64.9 Å². The van der Waals surface area contributed by atoms with E-state index in [1.165, 1.54) is 21.7 Å². The molecule has 1 fully saturated rings. The molecular weight excluding hydrogens is 430 g/mol. The van der Waals surface area contributed by atoms with Gasteiger partial charge in [-0.2, -0.15) is 4.31 Å². The van der Waals surface area contributed by atoms with Crippen molar-refractivity contribution in [2.24, 2.45) is 0 Å². The predicted molar refractivity (Wildman–Crippen MR) is 122 cm³/mol. The van der Waals surface area contributed by atoms with Gasteiger partial charge in [0, 0.05) is 24.0 Å². The molecule has 0 spiro atoms. The van der Waals surface area contributed by atoms with E-state index in [1.807, 2.05) is 42.6 Å². The largest absolute Gasteiger partial charge is 0.343 e. The van der Waals surface area contributed by atoms with E-state index >= 15 is 0 Å². The minimum Gasteiger partial charge on any atom is -0.343 e. The fourth-order valence-electron chi connectivity index (χ4n) is 3.69. The van der Waals surface area contributed by atoms with E-state index in [-0.39, 0.29) is 16.5 Å². The molecule has 1 aromatic heterocycles. The van der Waals surface area contributed by atoms with Gasteiger partial charge in [-0.3, -0.25) is 4.79 Å². The average Bonchev–Trinajstić information content (AvgIpc) is 3.31. The van der Waals surface area contributed by atoms with Gasteiger partial charge in [0.25, 0.3) is 5.91 Å². The van der Waals surface area contributed by atoms with Crippen LogP contribution in [0.3, 0.4) is 0 Å². The highest BCUT2D eigenvalue weighted by molar-refractivity contribution is 7.89. The number of nitrogens with one attached hydrogen (secondary N) is 1. The first kappa shape index (κ1) is 21.7. The molecule has 4 rings (SSSR count). The van der Waals surface area contributed by atoms with Crippen molar-refractivity contribution in [3.63, 3.8) is 0 Å². The molecule has 2 aromatic carbocycles. The Hall–Kier alpha value is -2.55. The van der Waals surface area contributed by atoms with Gasteiger partial charge in [-0.1, -0.05) is 48.9 Å². The lowest BCUT2D eigenvalue weighted by Crippen LogP contribution is -2.37. The number of piperidine rings is 1. The number of sulfonamides is 1. The molecule has 0 saturated carbocycles. The van der Waals surface area contributed by atoms with Crippen LogP contribution >= 0.6 is 11.3 Å². The average molecular weight is 456 g/mol. The van der Waals surface area contributed by atoms with Crippen LogP contribution in [0.4, 0.5) is 0 Å². The zero-order valence-corrected chi connectivity index (χ0v) is 19.0. The first-order chi connectivity index (χ1) is 15.0. The number of amides is 1. The topological polar surface area (TPSA) is 79.4 Å². The summed E-state index contributed by atoms with van der Waals surface area (Å²) in [5.74, 6) is -0.417. The van der Waals surface area contributed by atoms with Crippen molar-refractivity contribution in [1.82, 2.24) is 14.6 Å². The van der Waals surface area contributed by atoms with Gasteiger partial charge in [-0.05, 0) is 31.9 Å². The second-order valence-electron chi connectivity index (χ2n) is 7.59. The van der Waals surface area contributed by atoms with Crippen LogP contribution in [0.1, 0.15) is 47.6 Å². The third-order valence-electron chi connectivity index (χ3n) is 5.37. The normalized spacial score (nSPS) is 16.0. The molecule has 8 heteroatoms. The van der Waals surface area contributed by atoms with Gasteiger partial charge in [0.1, 0.15) is 5.01 Å². The van der Waals surface area contributed by atoms with Gasteiger partial charge in [0.05, 0.1) is 22.2 Å². The summed E-state index contributed by atoms with van der Waals surface area (Å²) >= 11 is 1.47. The van der Waals surface area contributed by atoms with E-state index in [2.05, 4.69) is 10.3 Å². The van der Waals surface area contributed by atoms with Crippen LogP contribution in [0, 0.1) is 0 Å². The van der Waals surface area contributed by atoms with Gasteiger partial charge >= 0.3 is 0 Å². The molecule has 31 heavy (non-hydrogen) atoms. The summed E-state index contributed by atoms with van der Waals surface area (Å²) in [5, 5.41) is 5.65. The second-order valence-corrected chi connectivity index (χ2v) is 10.4. The lowest BCUT2D eigenvalue weighted by atomic mass is 10.2. The fourth-order valence-corrected chi connectivity index (χ4v) is 6.23. The maximum atomic E-state index is 13.2. The molecule has 6 nitrogen and oxygen atoms in total. The molecule has 0 bridgehead atoms. The van der Waals surface area contributed by atoms with Gasteiger partial charge in [0.2, 0.25) is 10.0 Å². The number of carbonyl (C=O) groups excluding carboxylic acids is 1. The number of carbonyl (C=O) groups is 1. The molecule has 1 atom stereocenters. The Morgan fingerprint density at radius 3 is 2.45 bits per heavy atom. The maximum absolute atomic E-state index is 13.2. The monoisotopic (exact) mass is 455 g/mol. The van der Waals surface area contributed by atoms with Crippen LogP contribution in [0.25, 0.3) is 11.3 Å². The third kappa shape index (κ3) is 4.71. The molecular formula is C23H25N3O3S2. The Kier molecular flexibility index (Phi) is 6.50. The van der Waals surface area contributed by atoms with Crippen molar-refractivity contribution in [3.05, 3.63) is 70.5 Å². The number of thiazole rings is 1. The highest BCUT2D eigenvalue weighted by Crippen LogP contribution is 2.27. The van der Waals surface area contributed by atoms with E-state index < -0.39 is 15.9 Å². The highest BCUT2D eigenvalue weighted by Gasteiger charge is 2.30. The van der Waals surface area contributed by atoms with Crippen molar-refractivity contribution in [2.75, 3.05) is 13.1 Å². The molecule has 1 N–H and O–H groups in total. The summed E-state index contributed by atoms with van der Waals surface area (Å²) in [6.45, 7) is 2.85. The molecule has 1 aliphatic heterocycles. The van der Waals surface area contributed by atoms with E-state index in [9.17, 15) is 13.2 Å². The van der Waals surface area contributed by atoms with Gasteiger partial charge in [-0.25, -0.2) is 13.4 Å². The number of benzene rings is 2. The Morgan fingerprint density at radius 2 is 1.71 bits per heavy atom. The molecule has 0 radical (unpaired) electrons. The van der Waals surface area contributed by atoms with Crippen molar-refractivity contribution < 1.29 is 13.2 Å². The summed E-state index contributed by atoms with van der Waals surface area (Å²) in [5.41, 5.74) is 2.04. The molecule has 1 unspecified atom stereocenters. The minimum atomic E-state index is -3.71. The third-order valence-corrected chi connectivity index (χ3v) is 8.36. The van der Waals surface area contributed by atoms with Crippen LogP contribution in [-0.2, 0) is 10.0 Å². The molecule has 0 aliphatic carbocycles. The van der Waals surface area contributed by atoms with Gasteiger partial charge < -0.3 is 5.32 Å². The summed E-state index contributed by atoms with van der Waals surface area (Å²) in [6.07, 6.45) is 2.72. The second kappa shape index (κ2) is 9.30. The molecule has 162 valence electrons. The number of hydrogen-bond donors (Lipinski definition) is 1. The van der Waals surface area contributed by atoms with Gasteiger partial charge in [0.15, 0.2) is 0 Å². The zero-order chi connectivity index (χ0) is 21.8. The van der Waals surface area contributed by atoms with E-state index in [1.54, 1.807) is 18.2 Å². The van der Waals surface area contributed by atoms with Crippen molar-refractivity contribution >= 4 is 27.3 Å². The van der Waals surface area contributed by atoms with E-state index in [0.717, 1.165) is 35.5 Å². The quantitative estimate of drug-likeness (QED) is 0.595. The van der Waals surface area contributed by atoms with Crippen molar-refractivity contribution in [1.29, 1.82) is 0 Å². The Bertz CT molecular complexity index is 1150. The molecule has 1 amide bonds. The highest BCUT2D eigenvalue weighted by atomic mass is 32.2. The number of nitrogens with zero attached hydrogens (tertiary/aromatic N) is 2. The standard InChI is InChI=1S/C23H25N3O3S2/c1-17(23-25-20(16-30-23)18-10-4-2-5-11-18)24-22(27)19-12-6-7-13-21(19)31(28,29)26-14-8-3-9-15-26/h2,4-7,10-13,16-17H,3,8-9,14-15H2,1H3,(H,24,27). The van der Waals surface area contributed by atoms with Gasteiger partial charge in [-0.15, -0.1) is 11.3 Å². The Morgan fingerprint density at radius 1 is 1.03 bits per heavy atom. The van der Waals surface area contributed by atoms with Crippen molar-refractivity contribution in [3.8, 4) is 11.3 Å².